The van der Waals surface area contributed by atoms with Gasteiger partial charge in [0.1, 0.15) is 5.76 Å². The van der Waals surface area contributed by atoms with Crippen LogP contribution in [0.3, 0.4) is 0 Å². The first kappa shape index (κ1) is 9.62. The number of halogens is 1. The molecule has 1 heterocycles. The number of rotatable bonds is 2. The fourth-order valence-electron chi connectivity index (χ4n) is 0.888. The molecule has 1 aromatic heterocycles. The van der Waals surface area contributed by atoms with Crippen LogP contribution < -0.4 is 0 Å². The number of furan rings is 1. The van der Waals surface area contributed by atoms with Crippen molar-refractivity contribution in [1.82, 2.24) is 4.90 Å². The molecule has 0 spiro atoms. The summed E-state index contributed by atoms with van der Waals surface area (Å²) in [6.07, 6.45) is 0. The van der Waals surface area contributed by atoms with E-state index < -0.39 is 0 Å². The third kappa shape index (κ3) is 2.88. The molecule has 0 aliphatic carbocycles. The van der Waals surface area contributed by atoms with Crippen molar-refractivity contribution in [2.75, 3.05) is 14.1 Å². The van der Waals surface area contributed by atoms with Gasteiger partial charge in [0, 0.05) is 22.6 Å². The van der Waals surface area contributed by atoms with Crippen LogP contribution in [0.4, 0.5) is 0 Å². The van der Waals surface area contributed by atoms with Gasteiger partial charge in [0.25, 0.3) is 0 Å². The summed E-state index contributed by atoms with van der Waals surface area (Å²) in [5.41, 5.74) is 0. The van der Waals surface area contributed by atoms with Crippen LogP contribution in [0.1, 0.15) is 11.5 Å². The zero-order chi connectivity index (χ0) is 8.97. The van der Waals surface area contributed by atoms with Crippen molar-refractivity contribution < 1.29 is 4.42 Å². The average Bonchev–Trinajstić information content (AvgIpc) is 2.36. The van der Waals surface area contributed by atoms with Crippen LogP contribution in [0, 0.1) is 9.85 Å². The Morgan fingerprint density at radius 1 is 1.50 bits per heavy atom. The Kier molecular flexibility index (Phi) is 3.63. The molecule has 0 aliphatic heterocycles. The Morgan fingerprint density at radius 2 is 2.25 bits per heavy atom. The monoisotopic (exact) mass is 275 g/mol. The van der Waals surface area contributed by atoms with Gasteiger partial charge in [-0.2, -0.15) is 0 Å². The second kappa shape index (κ2) is 4.53. The highest BCUT2D eigenvalue weighted by molar-refractivity contribution is 14.1. The van der Waals surface area contributed by atoms with Crippen LogP contribution in [0.5, 0.6) is 0 Å². The van der Waals surface area contributed by atoms with E-state index in [0.717, 1.165) is 18.1 Å². The van der Waals surface area contributed by atoms with Gasteiger partial charge >= 0.3 is 0 Å². The highest BCUT2D eigenvalue weighted by atomic mass is 127. The van der Waals surface area contributed by atoms with Gasteiger partial charge in [0.2, 0.25) is 0 Å². The molecule has 0 amide bonds. The molecular weight excluding hydrogens is 265 g/mol. The number of nitrogens with zero attached hydrogens (tertiary/aromatic N) is 1. The second-order valence-corrected chi connectivity index (χ2v) is 3.26. The largest absolute Gasteiger partial charge is 0.451 e. The highest BCUT2D eigenvalue weighted by Crippen LogP contribution is 2.07. The predicted octanol–water partition coefficient (Wildman–Crippen LogP) is 2.09. The summed E-state index contributed by atoms with van der Waals surface area (Å²) < 4.78 is 8.18. The third-order valence-electron chi connectivity index (χ3n) is 1.30. The topological polar surface area (TPSA) is 16.4 Å². The van der Waals surface area contributed by atoms with Crippen LogP contribution >= 0.6 is 22.6 Å². The Hall–Kier alpha value is -0.470. The van der Waals surface area contributed by atoms with E-state index in [1.165, 1.54) is 0 Å². The lowest BCUT2D eigenvalue weighted by molar-refractivity contribution is 0.348. The zero-order valence-electron chi connectivity index (χ0n) is 7.10. The molecule has 3 heteroatoms. The molecule has 0 aliphatic rings. The van der Waals surface area contributed by atoms with Crippen molar-refractivity contribution in [2.45, 2.75) is 6.54 Å². The SMILES string of the molecule is CN(C)Cc1ccc(C#CI)o1. The Labute approximate surface area is 86.1 Å². The molecule has 1 rings (SSSR count). The summed E-state index contributed by atoms with van der Waals surface area (Å²) in [5.74, 6) is 4.54. The lowest BCUT2D eigenvalue weighted by Crippen LogP contribution is -2.09. The lowest BCUT2D eigenvalue weighted by atomic mass is 10.4. The van der Waals surface area contributed by atoms with Crippen LogP contribution in [0.25, 0.3) is 0 Å². The van der Waals surface area contributed by atoms with Crippen molar-refractivity contribution in [3.63, 3.8) is 0 Å². The van der Waals surface area contributed by atoms with Gasteiger partial charge in [0.15, 0.2) is 5.76 Å². The minimum absolute atomic E-state index is 0.737. The Bertz CT molecular complexity index is 306. The van der Waals surface area contributed by atoms with Crippen LogP contribution in [-0.2, 0) is 6.54 Å². The molecular formula is C9H10INO. The molecule has 1 aromatic rings. The van der Waals surface area contributed by atoms with E-state index in [-0.39, 0.29) is 0 Å². The van der Waals surface area contributed by atoms with Crippen LogP contribution in [-0.4, -0.2) is 19.0 Å². The van der Waals surface area contributed by atoms with Crippen molar-refractivity contribution >= 4 is 22.6 Å². The minimum Gasteiger partial charge on any atom is -0.451 e. The fraction of sp³-hybridized carbons (Fsp3) is 0.333. The third-order valence-corrected chi connectivity index (χ3v) is 1.57. The molecule has 0 bridgehead atoms. The summed E-state index contributed by atoms with van der Waals surface area (Å²) in [5, 5.41) is 0. The molecule has 0 atom stereocenters. The van der Waals surface area contributed by atoms with Crippen molar-refractivity contribution in [1.29, 1.82) is 0 Å². The van der Waals surface area contributed by atoms with Gasteiger partial charge < -0.3 is 9.32 Å². The van der Waals surface area contributed by atoms with E-state index >= 15 is 0 Å². The van der Waals surface area contributed by atoms with E-state index in [1.54, 1.807) is 0 Å². The first-order valence-electron chi connectivity index (χ1n) is 3.57. The standard InChI is InChI=1S/C9H10INO/c1-11(2)7-9-4-3-8(12-9)5-6-10/h3-4H,7H2,1-2H3. The first-order chi connectivity index (χ1) is 5.72. The molecule has 0 unspecified atom stereocenters. The van der Waals surface area contributed by atoms with Gasteiger partial charge in [0.05, 0.1) is 6.54 Å². The van der Waals surface area contributed by atoms with Gasteiger partial charge in [-0.1, -0.05) is 0 Å². The maximum absolute atomic E-state index is 5.41. The second-order valence-electron chi connectivity index (χ2n) is 2.72. The summed E-state index contributed by atoms with van der Waals surface area (Å²) in [4.78, 5) is 2.06. The van der Waals surface area contributed by atoms with Crippen LogP contribution in [0.15, 0.2) is 16.5 Å². The molecule has 0 saturated carbocycles. The fourth-order valence-corrected chi connectivity index (χ4v) is 1.15. The molecule has 0 fully saturated rings. The highest BCUT2D eigenvalue weighted by Gasteiger charge is 1.99. The first-order valence-corrected chi connectivity index (χ1v) is 4.65. The summed E-state index contributed by atoms with van der Waals surface area (Å²) in [6.45, 7) is 0.822. The number of hydrogen-bond donors (Lipinski definition) is 0. The quantitative estimate of drug-likeness (QED) is 0.607. The van der Waals surface area contributed by atoms with Gasteiger partial charge in [-0.3, -0.25) is 0 Å². The van der Waals surface area contributed by atoms with E-state index in [9.17, 15) is 0 Å². The van der Waals surface area contributed by atoms with Crippen LogP contribution in [0.2, 0.25) is 0 Å². The van der Waals surface area contributed by atoms with E-state index in [2.05, 4.69) is 14.7 Å². The van der Waals surface area contributed by atoms with Crippen molar-refractivity contribution in [2.24, 2.45) is 0 Å². The maximum Gasteiger partial charge on any atom is 0.177 e. The Morgan fingerprint density at radius 3 is 2.83 bits per heavy atom. The van der Waals surface area contributed by atoms with E-state index in [1.807, 2.05) is 48.8 Å². The van der Waals surface area contributed by atoms with E-state index in [4.69, 9.17) is 4.42 Å². The smallest absolute Gasteiger partial charge is 0.177 e. The molecule has 0 saturated heterocycles. The van der Waals surface area contributed by atoms with Gasteiger partial charge in [-0.05, 0) is 36.1 Å². The normalized spacial score (nSPS) is 9.67. The molecule has 0 aromatic carbocycles. The zero-order valence-corrected chi connectivity index (χ0v) is 9.25. The molecule has 2 nitrogen and oxygen atoms in total. The Balaban J connectivity index is 2.68. The molecule has 12 heavy (non-hydrogen) atoms. The maximum atomic E-state index is 5.41. The van der Waals surface area contributed by atoms with Gasteiger partial charge in [-0.25, -0.2) is 0 Å². The van der Waals surface area contributed by atoms with E-state index in [0.29, 0.717) is 0 Å². The van der Waals surface area contributed by atoms with Crippen molar-refractivity contribution in [3.05, 3.63) is 23.7 Å². The molecule has 0 radical (unpaired) electrons. The number of hydrogen-bond acceptors (Lipinski definition) is 2. The average molecular weight is 275 g/mol. The van der Waals surface area contributed by atoms with Crippen molar-refractivity contribution in [3.8, 4) is 9.85 Å². The molecule has 0 N–H and O–H groups in total. The van der Waals surface area contributed by atoms with Gasteiger partial charge in [-0.15, -0.1) is 0 Å². The summed E-state index contributed by atoms with van der Waals surface area (Å²) >= 11 is 1.99. The minimum atomic E-state index is 0.737. The molecule has 64 valence electrons. The summed E-state index contributed by atoms with van der Waals surface area (Å²) in [6, 6.07) is 3.85. The summed E-state index contributed by atoms with van der Waals surface area (Å²) in [7, 11) is 4.01. The lowest BCUT2D eigenvalue weighted by Gasteiger charge is -2.04. The predicted molar refractivity (Wildman–Crippen MR) is 57.0 cm³/mol.